The Hall–Kier alpha value is -2.73. The zero-order chi connectivity index (χ0) is 22.7. The standard InChI is InChI=1S/C19H26F3N5O4/c1-14(12-30-13-15-5-4-6-16(11-15)19(20,21)22)17-24-25-26-27(17)8-10-31-18(29)23-7-2-3-9-28/h4-6,11,14,28H,2-3,7-10,12-13H2,1H3,(H,23,29). The SMILES string of the molecule is CC(COCc1cccc(C(F)(F)F)c1)c1nnnn1CCOC(=O)NCCCCO. The van der Waals surface area contributed by atoms with E-state index in [2.05, 4.69) is 20.8 Å². The van der Waals surface area contributed by atoms with Gasteiger partial charge in [-0.1, -0.05) is 19.1 Å². The average Bonchev–Trinajstić information content (AvgIpc) is 3.19. The lowest BCUT2D eigenvalue weighted by Gasteiger charge is -2.13. The average molecular weight is 445 g/mol. The molecule has 1 aromatic heterocycles. The van der Waals surface area contributed by atoms with Crippen LogP contribution in [-0.2, 0) is 28.8 Å². The maximum Gasteiger partial charge on any atom is 0.416 e. The van der Waals surface area contributed by atoms with Crippen molar-refractivity contribution in [3.63, 3.8) is 0 Å². The van der Waals surface area contributed by atoms with Gasteiger partial charge in [-0.2, -0.15) is 13.2 Å². The van der Waals surface area contributed by atoms with Crippen molar-refractivity contribution in [3.05, 3.63) is 41.2 Å². The molecule has 1 unspecified atom stereocenters. The zero-order valence-electron chi connectivity index (χ0n) is 17.1. The number of amides is 1. The smallest absolute Gasteiger partial charge is 0.416 e. The summed E-state index contributed by atoms with van der Waals surface area (Å²) >= 11 is 0. The van der Waals surface area contributed by atoms with Crippen LogP contribution < -0.4 is 5.32 Å². The summed E-state index contributed by atoms with van der Waals surface area (Å²) in [6, 6.07) is 4.98. The highest BCUT2D eigenvalue weighted by Gasteiger charge is 2.30. The first-order chi connectivity index (χ1) is 14.8. The van der Waals surface area contributed by atoms with E-state index < -0.39 is 17.8 Å². The zero-order valence-corrected chi connectivity index (χ0v) is 17.1. The number of tetrazole rings is 1. The molecule has 0 bridgehead atoms. The number of alkyl carbamates (subject to hydrolysis) is 1. The van der Waals surface area contributed by atoms with Crippen LogP contribution in [0.15, 0.2) is 24.3 Å². The summed E-state index contributed by atoms with van der Waals surface area (Å²) < 4.78 is 50.4. The summed E-state index contributed by atoms with van der Waals surface area (Å²) in [5.74, 6) is 0.282. The van der Waals surface area contributed by atoms with Gasteiger partial charge < -0.3 is 19.9 Å². The second kappa shape index (κ2) is 12.2. The number of aliphatic hydroxyl groups is 1. The van der Waals surface area contributed by atoms with E-state index in [1.165, 1.54) is 10.7 Å². The van der Waals surface area contributed by atoms with Gasteiger partial charge in [0.25, 0.3) is 0 Å². The van der Waals surface area contributed by atoms with E-state index in [0.29, 0.717) is 30.8 Å². The third kappa shape index (κ3) is 8.50. The Labute approximate surface area is 177 Å². The Kier molecular flexibility index (Phi) is 9.66. The van der Waals surface area contributed by atoms with Crippen molar-refractivity contribution in [2.45, 2.75) is 45.0 Å². The molecular weight excluding hydrogens is 419 g/mol. The number of carbonyl (C=O) groups excluding carboxylic acids is 1. The Morgan fingerprint density at radius 3 is 2.87 bits per heavy atom. The van der Waals surface area contributed by atoms with Crippen LogP contribution in [0, 0.1) is 0 Å². The van der Waals surface area contributed by atoms with Gasteiger partial charge in [0, 0.05) is 19.1 Å². The van der Waals surface area contributed by atoms with Crippen LogP contribution in [0.3, 0.4) is 0 Å². The first kappa shape index (κ1) is 24.5. The van der Waals surface area contributed by atoms with Crippen LogP contribution >= 0.6 is 0 Å². The molecule has 0 radical (unpaired) electrons. The van der Waals surface area contributed by atoms with E-state index in [1.807, 2.05) is 6.92 Å². The highest BCUT2D eigenvalue weighted by molar-refractivity contribution is 5.66. The first-order valence-corrected chi connectivity index (χ1v) is 9.82. The van der Waals surface area contributed by atoms with Crippen molar-refractivity contribution in [3.8, 4) is 0 Å². The van der Waals surface area contributed by atoms with Gasteiger partial charge in [0.05, 0.1) is 25.3 Å². The molecule has 1 amide bonds. The highest BCUT2D eigenvalue weighted by atomic mass is 19.4. The Morgan fingerprint density at radius 1 is 1.32 bits per heavy atom. The molecule has 1 heterocycles. The molecule has 2 aromatic rings. The van der Waals surface area contributed by atoms with Gasteiger partial charge in [-0.15, -0.1) is 5.10 Å². The van der Waals surface area contributed by atoms with E-state index in [9.17, 15) is 18.0 Å². The minimum absolute atomic E-state index is 0.0232. The molecule has 0 fully saturated rings. The number of benzene rings is 1. The topological polar surface area (TPSA) is 111 Å². The number of halogens is 3. The maximum atomic E-state index is 12.8. The molecule has 1 atom stereocenters. The van der Waals surface area contributed by atoms with Crippen LogP contribution in [0.4, 0.5) is 18.0 Å². The number of carbonyl (C=O) groups is 1. The molecule has 12 heteroatoms. The van der Waals surface area contributed by atoms with Gasteiger partial charge in [-0.25, -0.2) is 9.48 Å². The molecule has 0 aliphatic heterocycles. The number of ether oxygens (including phenoxy) is 2. The van der Waals surface area contributed by atoms with E-state index in [-0.39, 0.29) is 38.9 Å². The van der Waals surface area contributed by atoms with Crippen molar-refractivity contribution in [2.24, 2.45) is 0 Å². The number of unbranched alkanes of at least 4 members (excludes halogenated alkanes) is 1. The maximum absolute atomic E-state index is 12.8. The molecule has 0 saturated carbocycles. The van der Waals surface area contributed by atoms with Crippen LogP contribution in [0.2, 0.25) is 0 Å². The molecule has 0 spiro atoms. The number of nitrogens with zero attached hydrogens (tertiary/aromatic N) is 4. The summed E-state index contributed by atoms with van der Waals surface area (Å²) in [5, 5.41) is 22.7. The molecule has 172 valence electrons. The van der Waals surface area contributed by atoms with E-state index >= 15 is 0 Å². The summed E-state index contributed by atoms with van der Waals surface area (Å²) in [7, 11) is 0. The Morgan fingerprint density at radius 2 is 2.13 bits per heavy atom. The van der Waals surface area contributed by atoms with Gasteiger partial charge in [-0.05, 0) is 41.0 Å². The molecule has 2 N–H and O–H groups in total. The number of hydrogen-bond donors (Lipinski definition) is 2. The second-order valence-electron chi connectivity index (χ2n) is 6.87. The lowest BCUT2D eigenvalue weighted by Crippen LogP contribution is -2.27. The summed E-state index contributed by atoms with van der Waals surface area (Å²) in [6.45, 7) is 2.82. The number of hydrogen-bond acceptors (Lipinski definition) is 7. The molecule has 2 rings (SSSR count). The number of alkyl halides is 3. The van der Waals surface area contributed by atoms with Crippen LogP contribution in [0.1, 0.15) is 42.6 Å². The fourth-order valence-corrected chi connectivity index (χ4v) is 2.69. The number of aliphatic hydroxyl groups excluding tert-OH is 1. The minimum Gasteiger partial charge on any atom is -0.448 e. The Bertz CT molecular complexity index is 816. The largest absolute Gasteiger partial charge is 0.448 e. The van der Waals surface area contributed by atoms with Gasteiger partial charge in [0.2, 0.25) is 0 Å². The normalized spacial score (nSPS) is 12.5. The highest BCUT2D eigenvalue weighted by Crippen LogP contribution is 2.29. The van der Waals surface area contributed by atoms with Gasteiger partial charge in [0.15, 0.2) is 5.82 Å². The molecule has 9 nitrogen and oxygen atoms in total. The van der Waals surface area contributed by atoms with Crippen LogP contribution in [0.25, 0.3) is 0 Å². The van der Waals surface area contributed by atoms with Crippen LogP contribution in [0.5, 0.6) is 0 Å². The van der Waals surface area contributed by atoms with Crippen molar-refractivity contribution in [1.82, 2.24) is 25.5 Å². The van der Waals surface area contributed by atoms with Crippen LogP contribution in [-0.4, -0.2) is 57.8 Å². The first-order valence-electron chi connectivity index (χ1n) is 9.82. The number of aromatic nitrogens is 4. The lowest BCUT2D eigenvalue weighted by atomic mass is 10.1. The summed E-state index contributed by atoms with van der Waals surface area (Å²) in [6.07, 6.45) is -3.71. The fraction of sp³-hybridized carbons (Fsp3) is 0.579. The number of rotatable bonds is 12. The third-order valence-electron chi connectivity index (χ3n) is 4.28. The molecule has 0 aliphatic carbocycles. The van der Waals surface area contributed by atoms with Crippen molar-refractivity contribution in [2.75, 3.05) is 26.4 Å². The molecule has 31 heavy (non-hydrogen) atoms. The molecule has 0 saturated heterocycles. The van der Waals surface area contributed by atoms with Crippen molar-refractivity contribution >= 4 is 6.09 Å². The van der Waals surface area contributed by atoms with Gasteiger partial charge >= 0.3 is 12.3 Å². The predicted octanol–water partition coefficient (Wildman–Crippen LogP) is 2.51. The van der Waals surface area contributed by atoms with Crippen molar-refractivity contribution in [1.29, 1.82) is 0 Å². The Balaban J connectivity index is 1.75. The molecule has 1 aromatic carbocycles. The van der Waals surface area contributed by atoms with E-state index in [1.54, 1.807) is 6.07 Å². The predicted molar refractivity (Wildman–Crippen MR) is 103 cm³/mol. The summed E-state index contributed by atoms with van der Waals surface area (Å²) in [4.78, 5) is 11.6. The monoisotopic (exact) mass is 445 g/mol. The molecule has 0 aliphatic rings. The quantitative estimate of drug-likeness (QED) is 0.483. The minimum atomic E-state index is -4.40. The van der Waals surface area contributed by atoms with Gasteiger partial charge in [-0.3, -0.25) is 0 Å². The van der Waals surface area contributed by atoms with E-state index in [4.69, 9.17) is 14.6 Å². The van der Waals surface area contributed by atoms with Crippen molar-refractivity contribution < 1.29 is 32.5 Å². The van der Waals surface area contributed by atoms with Gasteiger partial charge in [0.1, 0.15) is 6.61 Å². The lowest BCUT2D eigenvalue weighted by molar-refractivity contribution is -0.137. The second-order valence-corrected chi connectivity index (χ2v) is 6.87. The van der Waals surface area contributed by atoms with E-state index in [0.717, 1.165) is 12.1 Å². The molecular formula is C19H26F3N5O4. The fourth-order valence-electron chi connectivity index (χ4n) is 2.69. The third-order valence-corrected chi connectivity index (χ3v) is 4.28. The summed E-state index contributed by atoms with van der Waals surface area (Å²) in [5.41, 5.74) is -0.303. The number of nitrogens with one attached hydrogen (secondary N) is 1.